The predicted molar refractivity (Wildman–Crippen MR) is 99.9 cm³/mol. The Bertz CT molecular complexity index is 943. The number of carbonyl (C=O) groups excluding carboxylic acids is 2. The number of nitrogens with one attached hydrogen (secondary N) is 2. The second-order valence-corrected chi connectivity index (χ2v) is 5.92. The van der Waals surface area contributed by atoms with Crippen LogP contribution >= 0.6 is 0 Å². The van der Waals surface area contributed by atoms with Gasteiger partial charge >= 0.3 is 0 Å². The van der Waals surface area contributed by atoms with Crippen LogP contribution < -0.4 is 5.32 Å². The Labute approximate surface area is 150 Å². The van der Waals surface area contributed by atoms with Gasteiger partial charge < -0.3 is 15.2 Å². The van der Waals surface area contributed by atoms with Crippen LogP contribution in [0.3, 0.4) is 0 Å². The van der Waals surface area contributed by atoms with Crippen LogP contribution in [0.4, 0.5) is 10.1 Å². The van der Waals surface area contributed by atoms with Crippen molar-refractivity contribution in [1.29, 1.82) is 0 Å². The highest BCUT2D eigenvalue weighted by Crippen LogP contribution is 2.18. The third-order valence-corrected chi connectivity index (χ3v) is 4.27. The van der Waals surface area contributed by atoms with E-state index in [-0.39, 0.29) is 17.6 Å². The second-order valence-electron chi connectivity index (χ2n) is 5.92. The van der Waals surface area contributed by atoms with E-state index in [0.29, 0.717) is 40.9 Å². The lowest BCUT2D eigenvalue weighted by Crippen LogP contribution is -2.30. The lowest BCUT2D eigenvalue weighted by molar-refractivity contribution is 0.0773. The molecule has 2 aromatic carbocycles. The standard InChI is InChI=1S/C20H20FN3O2/c1-3-24(4-2)20(26)13-5-8-16(9-6-13)22-19(25)18-12-14-11-15(21)7-10-17(14)23-18/h5-12,23H,3-4H2,1-2H3,(H,22,25). The van der Waals surface area contributed by atoms with Crippen molar-refractivity contribution in [2.24, 2.45) is 0 Å². The highest BCUT2D eigenvalue weighted by atomic mass is 19.1. The number of aromatic amines is 1. The molecule has 6 heteroatoms. The van der Waals surface area contributed by atoms with E-state index in [2.05, 4.69) is 10.3 Å². The van der Waals surface area contributed by atoms with Crippen molar-refractivity contribution in [3.8, 4) is 0 Å². The molecule has 0 fully saturated rings. The molecule has 3 aromatic rings. The molecule has 2 amide bonds. The first-order chi connectivity index (χ1) is 12.5. The van der Waals surface area contributed by atoms with Crippen LogP contribution in [0.5, 0.6) is 0 Å². The largest absolute Gasteiger partial charge is 0.351 e. The summed E-state index contributed by atoms with van der Waals surface area (Å²) in [4.78, 5) is 29.4. The molecule has 0 aliphatic carbocycles. The van der Waals surface area contributed by atoms with Gasteiger partial charge in [0.15, 0.2) is 0 Å². The molecule has 0 spiro atoms. The first kappa shape index (κ1) is 17.7. The summed E-state index contributed by atoms with van der Waals surface area (Å²) in [5, 5.41) is 3.40. The third kappa shape index (κ3) is 3.59. The molecule has 0 unspecified atom stereocenters. The zero-order valence-corrected chi connectivity index (χ0v) is 14.7. The first-order valence-corrected chi connectivity index (χ1v) is 8.50. The first-order valence-electron chi connectivity index (χ1n) is 8.50. The number of nitrogens with zero attached hydrogens (tertiary/aromatic N) is 1. The molecule has 134 valence electrons. The van der Waals surface area contributed by atoms with Gasteiger partial charge in [0.25, 0.3) is 11.8 Å². The topological polar surface area (TPSA) is 65.2 Å². The van der Waals surface area contributed by atoms with Crippen molar-refractivity contribution in [2.45, 2.75) is 13.8 Å². The van der Waals surface area contributed by atoms with E-state index in [0.717, 1.165) is 0 Å². The summed E-state index contributed by atoms with van der Waals surface area (Å²) < 4.78 is 13.3. The number of fused-ring (bicyclic) bond motifs is 1. The van der Waals surface area contributed by atoms with Gasteiger partial charge in [0.2, 0.25) is 0 Å². The van der Waals surface area contributed by atoms with Crippen molar-refractivity contribution in [3.63, 3.8) is 0 Å². The highest BCUT2D eigenvalue weighted by molar-refractivity contribution is 6.06. The minimum absolute atomic E-state index is 0.0366. The molecule has 0 saturated carbocycles. The van der Waals surface area contributed by atoms with E-state index in [1.165, 1.54) is 12.1 Å². The Kier molecular flexibility index (Phi) is 5.02. The zero-order chi connectivity index (χ0) is 18.7. The molecule has 26 heavy (non-hydrogen) atoms. The minimum atomic E-state index is -0.350. The Hall–Kier alpha value is -3.15. The molecule has 3 rings (SSSR count). The molecule has 0 aliphatic heterocycles. The quantitative estimate of drug-likeness (QED) is 0.727. The van der Waals surface area contributed by atoms with E-state index in [1.54, 1.807) is 41.3 Å². The lowest BCUT2D eigenvalue weighted by atomic mass is 10.1. The number of H-pyrrole nitrogens is 1. The van der Waals surface area contributed by atoms with Gasteiger partial charge in [-0.3, -0.25) is 9.59 Å². The van der Waals surface area contributed by atoms with Crippen LogP contribution in [-0.4, -0.2) is 34.8 Å². The fraction of sp³-hybridized carbons (Fsp3) is 0.200. The second kappa shape index (κ2) is 7.39. The maximum absolute atomic E-state index is 13.3. The van der Waals surface area contributed by atoms with Crippen molar-refractivity contribution < 1.29 is 14.0 Å². The summed E-state index contributed by atoms with van der Waals surface area (Å²) in [7, 11) is 0. The Morgan fingerprint density at radius 2 is 1.73 bits per heavy atom. The average molecular weight is 353 g/mol. The van der Waals surface area contributed by atoms with Gasteiger partial charge in [0.05, 0.1) is 0 Å². The van der Waals surface area contributed by atoms with Crippen molar-refractivity contribution >= 4 is 28.4 Å². The molecule has 1 aromatic heterocycles. The van der Waals surface area contributed by atoms with Crippen LogP contribution in [0.25, 0.3) is 10.9 Å². The Morgan fingerprint density at radius 3 is 2.38 bits per heavy atom. The smallest absolute Gasteiger partial charge is 0.272 e. The van der Waals surface area contributed by atoms with Crippen LogP contribution in [0.1, 0.15) is 34.7 Å². The lowest BCUT2D eigenvalue weighted by Gasteiger charge is -2.18. The maximum Gasteiger partial charge on any atom is 0.272 e. The molecular formula is C20H20FN3O2. The predicted octanol–water partition coefficient (Wildman–Crippen LogP) is 4.04. The monoisotopic (exact) mass is 353 g/mol. The van der Waals surface area contributed by atoms with Crippen molar-refractivity contribution in [3.05, 3.63) is 65.6 Å². The molecular weight excluding hydrogens is 333 g/mol. The number of amides is 2. The fourth-order valence-electron chi connectivity index (χ4n) is 2.81. The minimum Gasteiger partial charge on any atom is -0.351 e. The van der Waals surface area contributed by atoms with E-state index >= 15 is 0 Å². The normalized spacial score (nSPS) is 10.7. The van der Waals surface area contributed by atoms with Gasteiger partial charge in [-0.05, 0) is 62.4 Å². The molecule has 0 radical (unpaired) electrons. The molecule has 0 aliphatic rings. The molecule has 0 atom stereocenters. The van der Waals surface area contributed by atoms with Gasteiger partial charge in [-0.15, -0.1) is 0 Å². The number of rotatable bonds is 5. The van der Waals surface area contributed by atoms with Gasteiger partial charge in [-0.2, -0.15) is 0 Å². The number of aromatic nitrogens is 1. The number of hydrogen-bond donors (Lipinski definition) is 2. The van der Waals surface area contributed by atoms with Crippen LogP contribution in [0.2, 0.25) is 0 Å². The average Bonchev–Trinajstić information content (AvgIpc) is 3.06. The van der Waals surface area contributed by atoms with Crippen LogP contribution in [0.15, 0.2) is 48.5 Å². The Morgan fingerprint density at radius 1 is 1.04 bits per heavy atom. The van der Waals surface area contributed by atoms with E-state index in [4.69, 9.17) is 0 Å². The fourth-order valence-corrected chi connectivity index (χ4v) is 2.81. The molecule has 0 bridgehead atoms. The van der Waals surface area contributed by atoms with Crippen LogP contribution in [0, 0.1) is 5.82 Å². The van der Waals surface area contributed by atoms with E-state index in [1.807, 2.05) is 13.8 Å². The molecule has 0 saturated heterocycles. The number of halogens is 1. The van der Waals surface area contributed by atoms with Crippen molar-refractivity contribution in [2.75, 3.05) is 18.4 Å². The summed E-state index contributed by atoms with van der Waals surface area (Å²) in [6.07, 6.45) is 0. The number of hydrogen-bond acceptors (Lipinski definition) is 2. The van der Waals surface area contributed by atoms with Gasteiger partial charge in [-0.25, -0.2) is 4.39 Å². The summed E-state index contributed by atoms with van der Waals surface area (Å²) in [5.41, 5.74) is 2.19. The maximum atomic E-state index is 13.3. The van der Waals surface area contributed by atoms with Crippen LogP contribution in [-0.2, 0) is 0 Å². The number of carbonyl (C=O) groups is 2. The van der Waals surface area contributed by atoms with Gasteiger partial charge in [0.1, 0.15) is 11.5 Å². The zero-order valence-electron chi connectivity index (χ0n) is 14.7. The summed E-state index contributed by atoms with van der Waals surface area (Å²) in [5.74, 6) is -0.716. The summed E-state index contributed by atoms with van der Waals surface area (Å²) in [6, 6.07) is 12.7. The third-order valence-electron chi connectivity index (χ3n) is 4.27. The molecule has 1 heterocycles. The summed E-state index contributed by atoms with van der Waals surface area (Å²) in [6.45, 7) is 5.16. The summed E-state index contributed by atoms with van der Waals surface area (Å²) >= 11 is 0. The van der Waals surface area contributed by atoms with Gasteiger partial charge in [-0.1, -0.05) is 0 Å². The molecule has 2 N–H and O–H groups in total. The van der Waals surface area contributed by atoms with Gasteiger partial charge in [0, 0.05) is 35.2 Å². The number of benzene rings is 2. The Balaban J connectivity index is 1.73. The number of anilines is 1. The molecule has 5 nitrogen and oxygen atoms in total. The SMILES string of the molecule is CCN(CC)C(=O)c1ccc(NC(=O)c2cc3cc(F)ccc3[nH]2)cc1. The van der Waals surface area contributed by atoms with E-state index in [9.17, 15) is 14.0 Å². The van der Waals surface area contributed by atoms with E-state index < -0.39 is 0 Å². The van der Waals surface area contributed by atoms with Crippen molar-refractivity contribution in [1.82, 2.24) is 9.88 Å². The highest BCUT2D eigenvalue weighted by Gasteiger charge is 2.13.